The van der Waals surface area contributed by atoms with E-state index in [-0.39, 0.29) is 0 Å². The summed E-state index contributed by atoms with van der Waals surface area (Å²) in [6.45, 7) is 0. The molecule has 0 amide bonds. The van der Waals surface area contributed by atoms with E-state index in [1.165, 1.54) is 103 Å². The van der Waals surface area contributed by atoms with Crippen molar-refractivity contribution in [2.45, 2.75) is 0 Å². The van der Waals surface area contributed by atoms with Crippen LogP contribution in [0.4, 0.5) is 0 Å². The van der Waals surface area contributed by atoms with Gasteiger partial charge in [0, 0.05) is 0 Å². The van der Waals surface area contributed by atoms with Crippen LogP contribution < -0.4 is 0 Å². The van der Waals surface area contributed by atoms with E-state index in [0.717, 1.165) is 16.7 Å². The van der Waals surface area contributed by atoms with Crippen LogP contribution in [-0.2, 0) is 0 Å². The van der Waals surface area contributed by atoms with Crippen LogP contribution in [0.5, 0.6) is 0 Å². The van der Waals surface area contributed by atoms with Gasteiger partial charge in [-0.1, -0.05) is 152 Å². The maximum absolute atomic E-state index is 9.88. The van der Waals surface area contributed by atoms with Gasteiger partial charge >= 0.3 is 0 Å². The summed E-state index contributed by atoms with van der Waals surface area (Å²) in [6, 6.07) is 69.7. The van der Waals surface area contributed by atoms with E-state index in [0.29, 0.717) is 11.1 Å². The fourth-order valence-electron chi connectivity index (χ4n) is 10.0. The standard InChI is InChI=1S/C56H30N2/c57-31-33-20-24-36(25-21-33)50-49-30-48-41-15-7-6-14-40(41)43-16-8-18-45(53(43)48)54(49)51(37-26-22-34(32-58)23-27-37)56-46-19-9-17-44-42(28-29-47(52(44)46)55(50)56)39-13-5-4-12-38(39)35-10-2-1-3-11-35/h1-30H. The molecule has 0 atom stereocenters. The van der Waals surface area contributed by atoms with Gasteiger partial charge in [-0.3, -0.25) is 0 Å². The van der Waals surface area contributed by atoms with Gasteiger partial charge in [0.25, 0.3) is 0 Å². The summed E-state index contributed by atoms with van der Waals surface area (Å²) in [5, 5.41) is 36.8. The Labute approximate surface area is 334 Å². The summed E-state index contributed by atoms with van der Waals surface area (Å²) in [5.74, 6) is 0. The molecule has 2 heteroatoms. The quantitative estimate of drug-likeness (QED) is 0.169. The van der Waals surface area contributed by atoms with Gasteiger partial charge in [0.15, 0.2) is 0 Å². The van der Waals surface area contributed by atoms with Gasteiger partial charge < -0.3 is 0 Å². The van der Waals surface area contributed by atoms with E-state index in [1.807, 2.05) is 24.3 Å². The lowest BCUT2D eigenvalue weighted by Crippen LogP contribution is -1.92. The summed E-state index contributed by atoms with van der Waals surface area (Å²) in [6.07, 6.45) is 0. The largest absolute Gasteiger partial charge is 0.192 e. The molecule has 0 unspecified atom stereocenters. The summed E-state index contributed by atoms with van der Waals surface area (Å²) in [5.41, 5.74) is 10.5. The van der Waals surface area contributed by atoms with Crippen LogP contribution in [0.3, 0.4) is 0 Å². The molecule has 0 fully saturated rings. The molecule has 0 aliphatic carbocycles. The molecule has 0 aromatic heterocycles. The SMILES string of the molecule is N#Cc1ccc(-c2c3cc4c5ccccc5c5cccc(c3c(-c3ccc(C#N)cc3)c3c6cccc7c(-c8ccccc8-c8ccccc8)ccc(c23)c76)c54)cc1. The predicted molar refractivity (Wildman–Crippen MR) is 243 cm³/mol. The average molecular weight is 731 g/mol. The highest BCUT2D eigenvalue weighted by molar-refractivity contribution is 6.45. The molecule has 0 aliphatic rings. The lowest BCUT2D eigenvalue weighted by molar-refractivity contribution is 1.48. The van der Waals surface area contributed by atoms with E-state index in [2.05, 4.69) is 170 Å². The molecular formula is C56H30N2. The molecule has 0 bridgehead atoms. The van der Waals surface area contributed by atoms with Gasteiger partial charge in [0.1, 0.15) is 0 Å². The molecule has 264 valence electrons. The minimum absolute atomic E-state index is 0.633. The topological polar surface area (TPSA) is 47.6 Å². The summed E-state index contributed by atoms with van der Waals surface area (Å²) in [4.78, 5) is 0. The zero-order chi connectivity index (χ0) is 38.5. The Morgan fingerprint density at radius 2 is 0.759 bits per heavy atom. The fourth-order valence-corrected chi connectivity index (χ4v) is 10.0. The van der Waals surface area contributed by atoms with Crippen LogP contribution in [0.25, 0.3) is 120 Å². The number of nitriles is 2. The number of rotatable bonds is 4. The van der Waals surface area contributed by atoms with Crippen molar-refractivity contribution in [3.05, 3.63) is 193 Å². The molecule has 0 N–H and O–H groups in total. The Morgan fingerprint density at radius 3 is 1.45 bits per heavy atom. The van der Waals surface area contributed by atoms with E-state index in [1.54, 1.807) is 0 Å². The molecule has 0 heterocycles. The van der Waals surface area contributed by atoms with Crippen molar-refractivity contribution in [1.82, 2.24) is 0 Å². The van der Waals surface area contributed by atoms with Crippen LogP contribution >= 0.6 is 0 Å². The van der Waals surface area contributed by atoms with Crippen molar-refractivity contribution in [3.63, 3.8) is 0 Å². The van der Waals surface area contributed by atoms with Gasteiger partial charge in [0.2, 0.25) is 0 Å². The highest BCUT2D eigenvalue weighted by Crippen LogP contribution is 2.55. The van der Waals surface area contributed by atoms with Crippen molar-refractivity contribution in [3.8, 4) is 56.6 Å². The summed E-state index contributed by atoms with van der Waals surface area (Å²) in [7, 11) is 0. The number of hydrogen-bond donors (Lipinski definition) is 0. The Morgan fingerprint density at radius 1 is 0.259 bits per heavy atom. The third-order valence-corrected chi connectivity index (χ3v) is 12.4. The van der Waals surface area contributed by atoms with Crippen molar-refractivity contribution in [2.75, 3.05) is 0 Å². The highest BCUT2D eigenvalue weighted by atomic mass is 14.3. The van der Waals surface area contributed by atoms with Crippen LogP contribution in [0.2, 0.25) is 0 Å². The molecule has 0 saturated heterocycles. The second-order valence-corrected chi connectivity index (χ2v) is 15.3. The van der Waals surface area contributed by atoms with Crippen molar-refractivity contribution >= 4 is 75.4 Å². The molecular weight excluding hydrogens is 701 g/mol. The zero-order valence-electron chi connectivity index (χ0n) is 31.2. The minimum atomic E-state index is 0.633. The third kappa shape index (κ3) is 4.40. The van der Waals surface area contributed by atoms with Crippen LogP contribution in [-0.4, -0.2) is 0 Å². The summed E-state index contributed by atoms with van der Waals surface area (Å²) < 4.78 is 0. The van der Waals surface area contributed by atoms with Gasteiger partial charge in [-0.25, -0.2) is 0 Å². The smallest absolute Gasteiger partial charge is 0.0991 e. The second kappa shape index (κ2) is 12.2. The lowest BCUT2D eigenvalue weighted by Gasteiger charge is -2.19. The monoisotopic (exact) mass is 730 g/mol. The average Bonchev–Trinajstić information content (AvgIpc) is 3.80. The zero-order valence-corrected chi connectivity index (χ0v) is 31.2. The molecule has 12 rings (SSSR count). The van der Waals surface area contributed by atoms with Crippen LogP contribution in [0, 0.1) is 22.7 Å². The first-order valence-corrected chi connectivity index (χ1v) is 19.6. The Bertz CT molecular complexity index is 3710. The van der Waals surface area contributed by atoms with E-state index >= 15 is 0 Å². The van der Waals surface area contributed by atoms with Gasteiger partial charge in [-0.05, 0) is 150 Å². The number of benzene rings is 10. The van der Waals surface area contributed by atoms with Crippen LogP contribution in [0.15, 0.2) is 182 Å². The van der Waals surface area contributed by atoms with E-state index in [9.17, 15) is 10.5 Å². The molecule has 58 heavy (non-hydrogen) atoms. The molecule has 2 nitrogen and oxygen atoms in total. The molecule has 0 saturated carbocycles. The summed E-state index contributed by atoms with van der Waals surface area (Å²) >= 11 is 0. The van der Waals surface area contributed by atoms with Gasteiger partial charge in [-0.2, -0.15) is 10.5 Å². The van der Waals surface area contributed by atoms with Crippen molar-refractivity contribution < 1.29 is 0 Å². The first-order valence-electron chi connectivity index (χ1n) is 19.6. The first kappa shape index (κ1) is 32.2. The molecule has 12 aromatic rings. The van der Waals surface area contributed by atoms with Crippen molar-refractivity contribution in [2.24, 2.45) is 0 Å². The predicted octanol–water partition coefficient (Wildman–Crippen LogP) is 15.0. The second-order valence-electron chi connectivity index (χ2n) is 15.3. The minimum Gasteiger partial charge on any atom is -0.192 e. The fraction of sp³-hybridized carbons (Fsp3) is 0. The highest BCUT2D eigenvalue weighted by Gasteiger charge is 2.27. The number of nitrogens with zero attached hydrogens (tertiary/aromatic N) is 2. The molecule has 12 aromatic carbocycles. The third-order valence-electron chi connectivity index (χ3n) is 12.4. The van der Waals surface area contributed by atoms with Gasteiger partial charge in [0.05, 0.1) is 23.3 Å². The van der Waals surface area contributed by atoms with E-state index < -0.39 is 0 Å². The van der Waals surface area contributed by atoms with Crippen molar-refractivity contribution in [1.29, 1.82) is 10.5 Å². The maximum Gasteiger partial charge on any atom is 0.0991 e. The Hall–Kier alpha value is -8.04. The number of hydrogen-bond acceptors (Lipinski definition) is 2. The first-order chi connectivity index (χ1) is 28.7. The molecule has 0 radical (unpaired) electrons. The lowest BCUT2D eigenvalue weighted by atomic mass is 9.83. The normalized spacial score (nSPS) is 11.8. The van der Waals surface area contributed by atoms with E-state index in [4.69, 9.17) is 0 Å². The Balaban J connectivity index is 1.33. The van der Waals surface area contributed by atoms with Crippen LogP contribution in [0.1, 0.15) is 11.1 Å². The molecule has 0 spiro atoms. The van der Waals surface area contributed by atoms with Gasteiger partial charge in [-0.15, -0.1) is 0 Å². The molecule has 0 aliphatic heterocycles. The Kier molecular flexibility index (Phi) is 6.80. The maximum atomic E-state index is 9.88. The number of fused-ring (bicyclic) bond motifs is 8.